The van der Waals surface area contributed by atoms with E-state index in [0.717, 1.165) is 11.3 Å². The minimum absolute atomic E-state index is 0.110. The maximum Gasteiger partial charge on any atom is 0.272 e. The van der Waals surface area contributed by atoms with E-state index in [2.05, 4.69) is 15.3 Å². The van der Waals surface area contributed by atoms with E-state index in [1.54, 1.807) is 0 Å². The van der Waals surface area contributed by atoms with Crippen LogP contribution in [-0.2, 0) is 0 Å². The molecule has 1 aliphatic rings. The van der Waals surface area contributed by atoms with E-state index < -0.39 is 0 Å². The van der Waals surface area contributed by atoms with Crippen LogP contribution >= 0.6 is 23.4 Å². The van der Waals surface area contributed by atoms with Crippen LogP contribution in [0.5, 0.6) is 5.75 Å². The van der Waals surface area contributed by atoms with Crippen molar-refractivity contribution < 1.29 is 9.53 Å². The molecule has 2 aromatic rings. The van der Waals surface area contributed by atoms with Crippen LogP contribution in [0.4, 0.5) is 0 Å². The summed E-state index contributed by atoms with van der Waals surface area (Å²) in [6.07, 6.45) is 4.01. The molecule has 0 spiro atoms. The van der Waals surface area contributed by atoms with Crippen molar-refractivity contribution in [1.29, 1.82) is 0 Å². The minimum atomic E-state index is -0.301. The third kappa shape index (κ3) is 3.03. The van der Waals surface area contributed by atoms with Gasteiger partial charge in [0.05, 0.1) is 23.9 Å². The van der Waals surface area contributed by atoms with Crippen molar-refractivity contribution in [3.8, 4) is 5.75 Å². The van der Waals surface area contributed by atoms with E-state index in [1.807, 2.05) is 30.5 Å². The number of hydrogen-bond donors (Lipinski definition) is 1. The van der Waals surface area contributed by atoms with E-state index in [-0.39, 0.29) is 22.7 Å². The molecule has 7 heteroatoms. The van der Waals surface area contributed by atoms with Crippen molar-refractivity contribution in [2.75, 3.05) is 12.9 Å². The zero-order valence-corrected chi connectivity index (χ0v) is 13.4. The number of thioether (sulfide) groups is 1. The van der Waals surface area contributed by atoms with Gasteiger partial charge in [-0.2, -0.15) is 0 Å². The molecule has 1 aliphatic heterocycles. The maximum atomic E-state index is 12.5. The summed E-state index contributed by atoms with van der Waals surface area (Å²) in [4.78, 5) is 20.7. The largest absolute Gasteiger partial charge is 0.493 e. The molecule has 1 amide bonds. The normalized spacial score (nSPS) is 16.5. The summed E-state index contributed by atoms with van der Waals surface area (Å²) in [7, 11) is 0. The molecule has 1 N–H and O–H groups in total. The Morgan fingerprint density at radius 2 is 2.27 bits per heavy atom. The first-order chi connectivity index (χ1) is 10.7. The molecule has 0 saturated heterocycles. The molecule has 0 radical (unpaired) electrons. The fraction of sp³-hybridized carbons (Fsp3) is 0.267. The van der Waals surface area contributed by atoms with Crippen LogP contribution in [0, 0.1) is 0 Å². The van der Waals surface area contributed by atoms with Gasteiger partial charge >= 0.3 is 0 Å². The van der Waals surface area contributed by atoms with Gasteiger partial charge in [-0.05, 0) is 12.3 Å². The summed E-state index contributed by atoms with van der Waals surface area (Å²) in [6.45, 7) is 0.565. The number of ether oxygens (including phenoxy) is 1. The van der Waals surface area contributed by atoms with E-state index in [1.165, 1.54) is 18.0 Å². The Morgan fingerprint density at radius 1 is 1.45 bits per heavy atom. The third-order valence-electron chi connectivity index (χ3n) is 3.38. The van der Waals surface area contributed by atoms with Gasteiger partial charge in [0, 0.05) is 12.0 Å². The predicted molar refractivity (Wildman–Crippen MR) is 85.6 cm³/mol. The summed E-state index contributed by atoms with van der Waals surface area (Å²) in [5.74, 6) is 0.502. The molecular weight excluding hydrogens is 322 g/mol. The number of para-hydroxylation sites is 1. The number of aromatic nitrogens is 2. The van der Waals surface area contributed by atoms with Gasteiger partial charge in [-0.1, -0.05) is 41.6 Å². The Kier molecular flexibility index (Phi) is 4.49. The highest BCUT2D eigenvalue weighted by Gasteiger charge is 2.24. The molecule has 0 aliphatic carbocycles. The second kappa shape index (κ2) is 6.54. The number of rotatable bonds is 3. The third-order valence-corrected chi connectivity index (χ3v) is 4.22. The molecule has 5 nitrogen and oxygen atoms in total. The molecule has 0 fully saturated rings. The van der Waals surface area contributed by atoms with E-state index in [0.29, 0.717) is 18.2 Å². The van der Waals surface area contributed by atoms with E-state index in [4.69, 9.17) is 16.3 Å². The summed E-state index contributed by atoms with van der Waals surface area (Å²) < 4.78 is 5.59. The lowest BCUT2D eigenvalue weighted by Crippen LogP contribution is -2.33. The summed E-state index contributed by atoms with van der Waals surface area (Å²) in [5.41, 5.74) is 1.17. The number of halogens is 1. The van der Waals surface area contributed by atoms with Crippen LogP contribution < -0.4 is 10.1 Å². The molecule has 1 atom stereocenters. The summed E-state index contributed by atoms with van der Waals surface area (Å²) >= 11 is 7.41. The molecule has 0 saturated carbocycles. The first kappa shape index (κ1) is 15.1. The standard InChI is InChI=1S/C15H14ClN3O2S/c1-22-15-17-8-10(16)13(19-15)14(20)18-11-6-7-21-12-5-3-2-4-9(11)12/h2-5,8,11H,6-7H2,1H3,(H,18,20)/t11-/m1/s1. The van der Waals surface area contributed by atoms with E-state index in [9.17, 15) is 4.79 Å². The highest BCUT2D eigenvalue weighted by molar-refractivity contribution is 7.98. The van der Waals surface area contributed by atoms with Gasteiger partial charge in [0.15, 0.2) is 10.9 Å². The van der Waals surface area contributed by atoms with Crippen LogP contribution in [-0.4, -0.2) is 28.7 Å². The fourth-order valence-corrected chi connectivity index (χ4v) is 2.84. The van der Waals surface area contributed by atoms with Crippen LogP contribution in [0.25, 0.3) is 0 Å². The van der Waals surface area contributed by atoms with Crippen molar-refractivity contribution in [2.24, 2.45) is 0 Å². The Balaban J connectivity index is 1.84. The number of amides is 1. The van der Waals surface area contributed by atoms with Crippen LogP contribution in [0.3, 0.4) is 0 Å². The van der Waals surface area contributed by atoms with Crippen molar-refractivity contribution in [3.63, 3.8) is 0 Å². The number of fused-ring (bicyclic) bond motifs is 1. The predicted octanol–water partition coefficient (Wildman–Crippen LogP) is 3.11. The molecule has 1 aromatic heterocycles. The number of nitrogens with zero attached hydrogens (tertiary/aromatic N) is 2. The van der Waals surface area contributed by atoms with E-state index >= 15 is 0 Å². The molecular formula is C15H14ClN3O2S. The van der Waals surface area contributed by atoms with Crippen molar-refractivity contribution in [1.82, 2.24) is 15.3 Å². The molecule has 114 valence electrons. The van der Waals surface area contributed by atoms with Gasteiger partial charge in [0.2, 0.25) is 0 Å². The van der Waals surface area contributed by atoms with Crippen molar-refractivity contribution in [3.05, 3.63) is 46.7 Å². The van der Waals surface area contributed by atoms with Crippen molar-refractivity contribution in [2.45, 2.75) is 17.6 Å². The molecule has 3 rings (SSSR count). The second-order valence-corrected chi connectivity index (χ2v) is 5.93. The molecule has 0 bridgehead atoms. The molecule has 0 unspecified atom stereocenters. The topological polar surface area (TPSA) is 64.1 Å². The first-order valence-corrected chi connectivity index (χ1v) is 8.38. The minimum Gasteiger partial charge on any atom is -0.493 e. The number of carbonyl (C=O) groups excluding carboxylic acids is 1. The van der Waals surface area contributed by atoms with Gasteiger partial charge in [0.1, 0.15) is 5.75 Å². The zero-order valence-electron chi connectivity index (χ0n) is 11.9. The van der Waals surface area contributed by atoms with Crippen molar-refractivity contribution >= 4 is 29.3 Å². The quantitative estimate of drug-likeness (QED) is 0.689. The number of benzene rings is 1. The second-order valence-electron chi connectivity index (χ2n) is 4.75. The first-order valence-electron chi connectivity index (χ1n) is 6.78. The summed E-state index contributed by atoms with van der Waals surface area (Å²) in [5, 5.41) is 3.74. The number of nitrogens with one attached hydrogen (secondary N) is 1. The molecule has 22 heavy (non-hydrogen) atoms. The highest BCUT2D eigenvalue weighted by atomic mass is 35.5. The SMILES string of the molecule is CSc1ncc(Cl)c(C(=O)N[C@@H]2CCOc3ccccc32)n1. The van der Waals surface area contributed by atoms with Gasteiger partial charge in [-0.25, -0.2) is 9.97 Å². The molecule has 2 heterocycles. The Labute approximate surface area is 137 Å². The number of hydrogen-bond acceptors (Lipinski definition) is 5. The lowest BCUT2D eigenvalue weighted by Gasteiger charge is -2.26. The van der Waals surface area contributed by atoms with Crippen LogP contribution in [0.15, 0.2) is 35.6 Å². The van der Waals surface area contributed by atoms with Crippen LogP contribution in [0.2, 0.25) is 5.02 Å². The smallest absolute Gasteiger partial charge is 0.272 e. The summed E-state index contributed by atoms with van der Waals surface area (Å²) in [6, 6.07) is 7.58. The highest BCUT2D eigenvalue weighted by Crippen LogP contribution is 2.31. The number of carbonyl (C=O) groups is 1. The van der Waals surface area contributed by atoms with Gasteiger partial charge in [0.25, 0.3) is 5.91 Å². The molecule has 1 aromatic carbocycles. The lowest BCUT2D eigenvalue weighted by molar-refractivity contribution is 0.0919. The Hall–Kier alpha value is -1.79. The Morgan fingerprint density at radius 3 is 3.09 bits per heavy atom. The van der Waals surface area contributed by atoms with Gasteiger partial charge in [-0.3, -0.25) is 4.79 Å². The lowest BCUT2D eigenvalue weighted by atomic mass is 10.0. The Bertz CT molecular complexity index is 711. The zero-order chi connectivity index (χ0) is 15.5. The van der Waals surface area contributed by atoms with Gasteiger partial charge < -0.3 is 10.1 Å². The van der Waals surface area contributed by atoms with Crippen LogP contribution in [0.1, 0.15) is 28.5 Å². The fourth-order valence-electron chi connectivity index (χ4n) is 2.33. The maximum absolute atomic E-state index is 12.5. The average molecular weight is 336 g/mol. The monoisotopic (exact) mass is 335 g/mol. The van der Waals surface area contributed by atoms with Gasteiger partial charge in [-0.15, -0.1) is 0 Å². The average Bonchev–Trinajstić information content (AvgIpc) is 2.55.